The number of nitrogens with one attached hydrogen (secondary N) is 1. The minimum absolute atomic E-state index is 0.290. The second kappa shape index (κ2) is 7.90. The van der Waals surface area contributed by atoms with Crippen LogP contribution in [0.2, 0.25) is 0 Å². The molecule has 1 saturated carbocycles. The molecule has 1 saturated heterocycles. The van der Waals surface area contributed by atoms with Crippen molar-refractivity contribution in [3.05, 3.63) is 29.3 Å². The van der Waals surface area contributed by atoms with Crippen molar-refractivity contribution in [2.45, 2.75) is 39.5 Å². The first-order chi connectivity index (χ1) is 12.9. The summed E-state index contributed by atoms with van der Waals surface area (Å²) in [4.78, 5) is 49.7. The number of hydrogen-bond donors (Lipinski definition) is 1. The molecule has 0 radical (unpaired) electrons. The van der Waals surface area contributed by atoms with Crippen molar-refractivity contribution in [1.29, 1.82) is 0 Å². The molecular weight excluding hydrogens is 348 g/mol. The molecule has 1 aromatic carbocycles. The Morgan fingerprint density at radius 2 is 1.74 bits per heavy atom. The predicted octanol–water partition coefficient (Wildman–Crippen LogP) is 1.96. The standard InChI is InChI=1S/C20H24N2O5/c1-12-7-8-16(13(2)9-12)21-17(23)11-27-18(24)10-22-19(25)14-5-3-4-6-15(14)20(22)26/h7-9,14-15H,3-6,10-11H2,1-2H3,(H,21,23)/t14-,15-/m0/s1. The molecule has 0 aromatic heterocycles. The number of carbonyl (C=O) groups is 4. The maximum atomic E-state index is 12.3. The molecule has 27 heavy (non-hydrogen) atoms. The summed E-state index contributed by atoms with van der Waals surface area (Å²) in [6, 6.07) is 5.60. The highest BCUT2D eigenvalue weighted by molar-refractivity contribution is 6.07. The average molecular weight is 372 g/mol. The quantitative estimate of drug-likeness (QED) is 0.630. The van der Waals surface area contributed by atoms with Crippen LogP contribution in [0, 0.1) is 25.7 Å². The van der Waals surface area contributed by atoms with Crippen molar-refractivity contribution in [2.24, 2.45) is 11.8 Å². The summed E-state index contributed by atoms with van der Waals surface area (Å²) in [5.41, 5.74) is 2.64. The molecule has 2 atom stereocenters. The second-order valence-electron chi connectivity index (χ2n) is 7.29. The first kappa shape index (κ1) is 19.1. The van der Waals surface area contributed by atoms with Crippen LogP contribution in [0.1, 0.15) is 36.8 Å². The highest BCUT2D eigenvalue weighted by Gasteiger charge is 2.48. The predicted molar refractivity (Wildman–Crippen MR) is 97.7 cm³/mol. The molecule has 1 heterocycles. The zero-order valence-electron chi connectivity index (χ0n) is 15.6. The van der Waals surface area contributed by atoms with E-state index in [1.807, 2.05) is 26.0 Å². The van der Waals surface area contributed by atoms with E-state index in [1.54, 1.807) is 6.07 Å². The van der Waals surface area contributed by atoms with Gasteiger partial charge in [0.25, 0.3) is 5.91 Å². The lowest BCUT2D eigenvalue weighted by Gasteiger charge is -2.19. The van der Waals surface area contributed by atoms with Gasteiger partial charge >= 0.3 is 5.97 Å². The van der Waals surface area contributed by atoms with Crippen LogP contribution < -0.4 is 5.32 Å². The molecule has 2 fully saturated rings. The Labute approximate surface area is 158 Å². The molecule has 7 nitrogen and oxygen atoms in total. The van der Waals surface area contributed by atoms with E-state index in [0.717, 1.165) is 28.9 Å². The lowest BCUT2D eigenvalue weighted by molar-refractivity contribution is -0.154. The zero-order chi connectivity index (χ0) is 19.6. The third-order valence-corrected chi connectivity index (χ3v) is 5.24. The number of esters is 1. The maximum absolute atomic E-state index is 12.3. The number of likely N-dealkylation sites (tertiary alicyclic amines) is 1. The summed E-state index contributed by atoms with van der Waals surface area (Å²) in [5, 5.41) is 2.68. The summed E-state index contributed by atoms with van der Waals surface area (Å²) in [6.45, 7) is 2.94. The van der Waals surface area contributed by atoms with E-state index in [-0.39, 0.29) is 23.7 Å². The molecule has 144 valence electrons. The van der Waals surface area contributed by atoms with Gasteiger partial charge in [-0.15, -0.1) is 0 Å². The van der Waals surface area contributed by atoms with E-state index in [9.17, 15) is 19.2 Å². The summed E-state index contributed by atoms with van der Waals surface area (Å²) in [7, 11) is 0. The highest BCUT2D eigenvalue weighted by atomic mass is 16.5. The molecular formula is C20H24N2O5. The lowest BCUT2D eigenvalue weighted by atomic mass is 9.81. The van der Waals surface area contributed by atoms with Crippen molar-refractivity contribution < 1.29 is 23.9 Å². The smallest absolute Gasteiger partial charge is 0.326 e. The molecule has 3 amide bonds. The van der Waals surface area contributed by atoms with Crippen molar-refractivity contribution >= 4 is 29.4 Å². The number of nitrogens with zero attached hydrogens (tertiary/aromatic N) is 1. The van der Waals surface area contributed by atoms with Crippen molar-refractivity contribution in [1.82, 2.24) is 4.90 Å². The van der Waals surface area contributed by atoms with Crippen LogP contribution in [0.3, 0.4) is 0 Å². The SMILES string of the molecule is Cc1ccc(NC(=O)COC(=O)CN2C(=O)[C@H]3CCCC[C@@H]3C2=O)c(C)c1. The fourth-order valence-electron chi connectivity index (χ4n) is 3.85. The van der Waals surface area contributed by atoms with E-state index in [4.69, 9.17) is 4.74 Å². The van der Waals surface area contributed by atoms with Gasteiger partial charge in [0, 0.05) is 5.69 Å². The van der Waals surface area contributed by atoms with Gasteiger partial charge in [-0.3, -0.25) is 24.1 Å². The van der Waals surface area contributed by atoms with Gasteiger partial charge in [-0.1, -0.05) is 30.5 Å². The van der Waals surface area contributed by atoms with Gasteiger partial charge in [0.05, 0.1) is 11.8 Å². The van der Waals surface area contributed by atoms with Crippen molar-refractivity contribution in [3.63, 3.8) is 0 Å². The van der Waals surface area contributed by atoms with Gasteiger partial charge in [-0.2, -0.15) is 0 Å². The molecule has 2 aliphatic rings. The molecule has 0 bridgehead atoms. The monoisotopic (exact) mass is 372 g/mol. The van der Waals surface area contributed by atoms with Gasteiger partial charge in [-0.05, 0) is 38.3 Å². The molecule has 0 spiro atoms. The van der Waals surface area contributed by atoms with E-state index < -0.39 is 25.0 Å². The van der Waals surface area contributed by atoms with E-state index in [0.29, 0.717) is 18.5 Å². The third kappa shape index (κ3) is 4.18. The summed E-state index contributed by atoms with van der Waals surface area (Å²) >= 11 is 0. The van der Waals surface area contributed by atoms with Gasteiger partial charge < -0.3 is 10.1 Å². The number of carbonyl (C=O) groups excluding carboxylic acids is 4. The highest BCUT2D eigenvalue weighted by Crippen LogP contribution is 2.37. The summed E-state index contributed by atoms with van der Waals surface area (Å²) < 4.78 is 4.95. The largest absolute Gasteiger partial charge is 0.454 e. The maximum Gasteiger partial charge on any atom is 0.326 e. The number of ether oxygens (including phenoxy) is 1. The van der Waals surface area contributed by atoms with Crippen LogP contribution >= 0.6 is 0 Å². The molecule has 1 aliphatic heterocycles. The number of amides is 3. The Morgan fingerprint density at radius 3 is 2.33 bits per heavy atom. The number of anilines is 1. The number of aryl methyl sites for hydroxylation is 2. The van der Waals surface area contributed by atoms with E-state index in [2.05, 4.69) is 5.32 Å². The Balaban J connectivity index is 1.50. The Kier molecular flexibility index (Phi) is 5.58. The Bertz CT molecular complexity index is 765. The van der Waals surface area contributed by atoms with E-state index >= 15 is 0 Å². The number of fused-ring (bicyclic) bond motifs is 1. The van der Waals surface area contributed by atoms with Crippen molar-refractivity contribution in [3.8, 4) is 0 Å². The zero-order valence-corrected chi connectivity index (χ0v) is 15.6. The van der Waals surface area contributed by atoms with Gasteiger partial charge in [-0.25, -0.2) is 0 Å². The Morgan fingerprint density at radius 1 is 1.11 bits per heavy atom. The molecule has 0 unspecified atom stereocenters. The molecule has 1 aromatic rings. The van der Waals surface area contributed by atoms with Gasteiger partial charge in [0.15, 0.2) is 6.61 Å². The van der Waals surface area contributed by atoms with Crippen LogP contribution in [-0.2, 0) is 23.9 Å². The number of benzene rings is 1. The normalized spacial score (nSPS) is 21.8. The first-order valence-electron chi connectivity index (χ1n) is 9.25. The summed E-state index contributed by atoms with van der Waals surface area (Å²) in [5.74, 6) is -2.41. The molecule has 7 heteroatoms. The minimum atomic E-state index is -0.758. The molecule has 1 aliphatic carbocycles. The van der Waals surface area contributed by atoms with Gasteiger partial charge in [0.1, 0.15) is 6.54 Å². The third-order valence-electron chi connectivity index (χ3n) is 5.24. The molecule has 1 N–H and O–H groups in total. The lowest BCUT2D eigenvalue weighted by Crippen LogP contribution is -2.37. The van der Waals surface area contributed by atoms with Gasteiger partial charge in [0.2, 0.25) is 11.8 Å². The van der Waals surface area contributed by atoms with Crippen LogP contribution in [0.5, 0.6) is 0 Å². The number of imide groups is 1. The van der Waals surface area contributed by atoms with Crippen LogP contribution in [0.15, 0.2) is 18.2 Å². The molecule has 3 rings (SSSR count). The Hall–Kier alpha value is -2.70. The number of rotatable bonds is 5. The first-order valence-corrected chi connectivity index (χ1v) is 9.25. The summed E-state index contributed by atoms with van der Waals surface area (Å²) in [6.07, 6.45) is 3.24. The van der Waals surface area contributed by atoms with E-state index in [1.165, 1.54) is 0 Å². The van der Waals surface area contributed by atoms with Crippen LogP contribution in [-0.4, -0.2) is 41.7 Å². The number of hydrogen-bond acceptors (Lipinski definition) is 5. The van der Waals surface area contributed by atoms with Crippen LogP contribution in [0.4, 0.5) is 5.69 Å². The second-order valence-corrected chi connectivity index (χ2v) is 7.29. The average Bonchev–Trinajstić information content (AvgIpc) is 2.88. The minimum Gasteiger partial charge on any atom is -0.454 e. The fourth-order valence-corrected chi connectivity index (χ4v) is 3.85. The van der Waals surface area contributed by atoms with Crippen LogP contribution in [0.25, 0.3) is 0 Å². The topological polar surface area (TPSA) is 92.8 Å². The fraction of sp³-hybridized carbons (Fsp3) is 0.500. The van der Waals surface area contributed by atoms with Crippen molar-refractivity contribution in [2.75, 3.05) is 18.5 Å².